The molecule has 2 heterocycles. The molecule has 0 aliphatic carbocycles. The predicted octanol–water partition coefficient (Wildman–Crippen LogP) is 2.95. The van der Waals surface area contributed by atoms with E-state index in [2.05, 4.69) is 15.4 Å². The first-order valence-corrected chi connectivity index (χ1v) is 7.54. The number of benzene rings is 2. The summed E-state index contributed by atoms with van der Waals surface area (Å²) in [6, 6.07) is 13.0. The van der Waals surface area contributed by atoms with E-state index in [1.54, 1.807) is 35.0 Å². The van der Waals surface area contributed by atoms with Crippen molar-refractivity contribution >= 4 is 17.3 Å². The second-order valence-corrected chi connectivity index (χ2v) is 5.55. The molecule has 0 fully saturated rings. The molecule has 0 bridgehead atoms. The Morgan fingerprint density at radius 2 is 2.04 bits per heavy atom. The highest BCUT2D eigenvalue weighted by Gasteiger charge is 2.25. The number of para-hydroxylation sites is 1. The number of non-ortho nitro benzene ring substituents is 1. The van der Waals surface area contributed by atoms with Gasteiger partial charge >= 0.3 is 0 Å². The standard InChI is InChI=1S/C17H13N5O3/c23-16-7-2-1-6-13(16)14-9-15(21-17(20-14)18-10-19-21)11-4-3-5-12(8-11)22(24)25/h1-10,15,23H,(H,18,19,20)/t15-/m1/s1. The molecule has 1 aliphatic rings. The Hall–Kier alpha value is -3.68. The van der Waals surface area contributed by atoms with Crippen LogP contribution in [0, 0.1) is 10.1 Å². The first kappa shape index (κ1) is 14.9. The van der Waals surface area contributed by atoms with Crippen molar-refractivity contribution in [1.29, 1.82) is 0 Å². The van der Waals surface area contributed by atoms with E-state index in [0.29, 0.717) is 22.8 Å². The van der Waals surface area contributed by atoms with Crippen molar-refractivity contribution < 1.29 is 10.0 Å². The van der Waals surface area contributed by atoms with Gasteiger partial charge in [0.15, 0.2) is 0 Å². The van der Waals surface area contributed by atoms with Gasteiger partial charge in [-0.05, 0) is 23.8 Å². The monoisotopic (exact) mass is 335 g/mol. The number of hydrogen-bond donors (Lipinski definition) is 2. The molecule has 0 saturated heterocycles. The van der Waals surface area contributed by atoms with Crippen molar-refractivity contribution in [2.24, 2.45) is 0 Å². The molecule has 1 aromatic heterocycles. The average molecular weight is 335 g/mol. The highest BCUT2D eigenvalue weighted by Crippen LogP contribution is 2.35. The third-order valence-corrected chi connectivity index (χ3v) is 4.02. The van der Waals surface area contributed by atoms with Crippen molar-refractivity contribution in [2.45, 2.75) is 6.04 Å². The second-order valence-electron chi connectivity index (χ2n) is 5.55. The molecule has 3 aromatic rings. The summed E-state index contributed by atoms with van der Waals surface area (Å²) in [6.45, 7) is 0. The maximum atomic E-state index is 11.1. The fraction of sp³-hybridized carbons (Fsp3) is 0.0588. The molecule has 0 radical (unpaired) electrons. The van der Waals surface area contributed by atoms with Crippen LogP contribution in [0.1, 0.15) is 17.2 Å². The third kappa shape index (κ3) is 2.59. The van der Waals surface area contributed by atoms with E-state index in [0.717, 1.165) is 0 Å². The summed E-state index contributed by atoms with van der Waals surface area (Å²) in [5, 5.41) is 28.5. The van der Waals surface area contributed by atoms with Gasteiger partial charge in [0.1, 0.15) is 18.1 Å². The van der Waals surface area contributed by atoms with E-state index in [-0.39, 0.29) is 17.5 Å². The molecule has 8 heteroatoms. The highest BCUT2D eigenvalue weighted by molar-refractivity contribution is 5.79. The van der Waals surface area contributed by atoms with Gasteiger partial charge in [0.05, 0.1) is 10.6 Å². The Morgan fingerprint density at radius 1 is 1.20 bits per heavy atom. The van der Waals surface area contributed by atoms with Gasteiger partial charge in [0.25, 0.3) is 5.69 Å². The molecule has 124 valence electrons. The Kier molecular flexibility index (Phi) is 3.42. The van der Waals surface area contributed by atoms with Gasteiger partial charge in [0.2, 0.25) is 5.95 Å². The van der Waals surface area contributed by atoms with Crippen LogP contribution in [0.25, 0.3) is 5.70 Å². The number of aromatic nitrogens is 3. The number of phenols is 1. The molecule has 0 spiro atoms. The Balaban J connectivity index is 1.84. The molecule has 1 aliphatic heterocycles. The normalized spacial score (nSPS) is 15.8. The number of hydrogen-bond acceptors (Lipinski definition) is 6. The van der Waals surface area contributed by atoms with Gasteiger partial charge in [-0.1, -0.05) is 24.3 Å². The molecule has 25 heavy (non-hydrogen) atoms. The Morgan fingerprint density at radius 3 is 2.84 bits per heavy atom. The lowest BCUT2D eigenvalue weighted by molar-refractivity contribution is -0.384. The molecule has 8 nitrogen and oxygen atoms in total. The maximum absolute atomic E-state index is 11.1. The second kappa shape index (κ2) is 5.75. The van der Waals surface area contributed by atoms with Crippen molar-refractivity contribution in [3.8, 4) is 5.75 Å². The molecular formula is C17H13N5O3. The van der Waals surface area contributed by atoms with Crippen LogP contribution in [0.4, 0.5) is 11.6 Å². The maximum Gasteiger partial charge on any atom is 0.269 e. The summed E-state index contributed by atoms with van der Waals surface area (Å²) in [6.07, 6.45) is 3.27. The lowest BCUT2D eigenvalue weighted by Gasteiger charge is -2.24. The number of aromatic hydroxyl groups is 1. The number of phenolic OH excluding ortho intramolecular Hbond substituents is 1. The van der Waals surface area contributed by atoms with E-state index in [1.807, 2.05) is 12.1 Å². The number of fused-ring (bicyclic) bond motifs is 1. The van der Waals surface area contributed by atoms with E-state index in [9.17, 15) is 15.2 Å². The lowest BCUT2D eigenvalue weighted by Crippen LogP contribution is -2.20. The molecule has 0 amide bonds. The fourth-order valence-electron chi connectivity index (χ4n) is 2.85. The minimum Gasteiger partial charge on any atom is -0.507 e. The fourth-order valence-corrected chi connectivity index (χ4v) is 2.85. The number of anilines is 1. The number of nitro groups is 1. The smallest absolute Gasteiger partial charge is 0.269 e. The van der Waals surface area contributed by atoms with E-state index in [1.165, 1.54) is 18.5 Å². The van der Waals surface area contributed by atoms with Crippen LogP contribution in [-0.2, 0) is 0 Å². The average Bonchev–Trinajstić information content (AvgIpc) is 3.10. The van der Waals surface area contributed by atoms with Crippen LogP contribution in [0.2, 0.25) is 0 Å². The topological polar surface area (TPSA) is 106 Å². The molecule has 1 atom stereocenters. The summed E-state index contributed by atoms with van der Waals surface area (Å²) >= 11 is 0. The zero-order valence-corrected chi connectivity index (χ0v) is 12.9. The van der Waals surface area contributed by atoms with Gasteiger partial charge < -0.3 is 10.4 Å². The van der Waals surface area contributed by atoms with Gasteiger partial charge in [-0.15, -0.1) is 0 Å². The summed E-state index contributed by atoms with van der Waals surface area (Å²) in [7, 11) is 0. The third-order valence-electron chi connectivity index (χ3n) is 4.02. The predicted molar refractivity (Wildman–Crippen MR) is 91.0 cm³/mol. The lowest BCUT2D eigenvalue weighted by atomic mass is 10.0. The summed E-state index contributed by atoms with van der Waals surface area (Å²) in [5.41, 5.74) is 1.99. The van der Waals surface area contributed by atoms with Gasteiger partial charge in [-0.2, -0.15) is 10.1 Å². The number of allylic oxidation sites excluding steroid dienone is 1. The number of nitrogens with one attached hydrogen (secondary N) is 1. The SMILES string of the molecule is O=[N+]([O-])c1cccc([C@H]2C=C(c3ccccc3O)Nc3ncnn32)c1. The van der Waals surface area contributed by atoms with Gasteiger partial charge in [0, 0.05) is 17.7 Å². The van der Waals surface area contributed by atoms with Crippen LogP contribution < -0.4 is 5.32 Å². The van der Waals surface area contributed by atoms with Crippen molar-refractivity contribution in [1.82, 2.24) is 14.8 Å². The first-order valence-electron chi connectivity index (χ1n) is 7.54. The molecule has 0 saturated carbocycles. The largest absolute Gasteiger partial charge is 0.507 e. The Labute approximate surface area is 142 Å². The molecule has 0 unspecified atom stereocenters. The minimum absolute atomic E-state index is 0.00945. The van der Waals surface area contributed by atoms with Crippen molar-refractivity contribution in [3.63, 3.8) is 0 Å². The van der Waals surface area contributed by atoms with Gasteiger partial charge in [-0.3, -0.25) is 10.1 Å². The van der Waals surface area contributed by atoms with E-state index < -0.39 is 4.92 Å². The van der Waals surface area contributed by atoms with Crippen molar-refractivity contribution in [2.75, 3.05) is 5.32 Å². The van der Waals surface area contributed by atoms with Crippen LogP contribution in [-0.4, -0.2) is 24.8 Å². The van der Waals surface area contributed by atoms with E-state index >= 15 is 0 Å². The number of nitrogens with zero attached hydrogens (tertiary/aromatic N) is 4. The van der Waals surface area contributed by atoms with Crippen LogP contribution in [0.5, 0.6) is 5.75 Å². The van der Waals surface area contributed by atoms with Gasteiger partial charge in [-0.25, -0.2) is 4.68 Å². The molecule has 2 N–H and O–H groups in total. The molecular weight excluding hydrogens is 322 g/mol. The molecule has 4 rings (SSSR count). The number of nitro benzene ring substituents is 1. The number of rotatable bonds is 3. The zero-order valence-electron chi connectivity index (χ0n) is 12.9. The van der Waals surface area contributed by atoms with Crippen molar-refractivity contribution in [3.05, 3.63) is 82.2 Å². The quantitative estimate of drug-likeness (QED) is 0.563. The van der Waals surface area contributed by atoms with E-state index in [4.69, 9.17) is 0 Å². The summed E-state index contributed by atoms with van der Waals surface area (Å²) in [5.74, 6) is 0.629. The first-order chi connectivity index (χ1) is 12.1. The Bertz CT molecular complexity index is 995. The highest BCUT2D eigenvalue weighted by atomic mass is 16.6. The summed E-state index contributed by atoms with van der Waals surface area (Å²) in [4.78, 5) is 14.8. The summed E-state index contributed by atoms with van der Waals surface area (Å²) < 4.78 is 1.64. The molecule has 2 aromatic carbocycles. The van der Waals surface area contributed by atoms with Crippen LogP contribution in [0.3, 0.4) is 0 Å². The zero-order chi connectivity index (χ0) is 17.4. The minimum atomic E-state index is -0.430. The van der Waals surface area contributed by atoms with Crippen LogP contribution in [0.15, 0.2) is 60.9 Å². The van der Waals surface area contributed by atoms with Crippen LogP contribution >= 0.6 is 0 Å².